The summed E-state index contributed by atoms with van der Waals surface area (Å²) in [6, 6.07) is 7.65. The average molecular weight is 369 g/mol. The number of ether oxygens (including phenoxy) is 2. The molecule has 1 aromatic heterocycles. The summed E-state index contributed by atoms with van der Waals surface area (Å²) in [5, 5.41) is 7.57. The van der Waals surface area contributed by atoms with Crippen LogP contribution in [-0.4, -0.2) is 40.8 Å². The lowest BCUT2D eigenvalue weighted by molar-refractivity contribution is 0.0809. The predicted octanol–water partition coefficient (Wildman–Crippen LogP) is 3.43. The lowest BCUT2D eigenvalue weighted by Gasteiger charge is -2.31. The van der Waals surface area contributed by atoms with Crippen molar-refractivity contribution in [1.29, 1.82) is 0 Å². The summed E-state index contributed by atoms with van der Waals surface area (Å²) in [4.78, 5) is 15.3. The number of nitrogens with one attached hydrogen (secondary N) is 1. The van der Waals surface area contributed by atoms with Gasteiger partial charge in [-0.3, -0.25) is 14.8 Å². The van der Waals surface area contributed by atoms with Crippen molar-refractivity contribution >= 4 is 5.78 Å². The van der Waals surface area contributed by atoms with Gasteiger partial charge in [-0.25, -0.2) is 0 Å². The van der Waals surface area contributed by atoms with Gasteiger partial charge in [-0.2, -0.15) is 5.10 Å². The Labute approximate surface area is 159 Å². The number of H-pyrrole nitrogens is 1. The van der Waals surface area contributed by atoms with Crippen LogP contribution in [0, 0.1) is 11.8 Å². The van der Waals surface area contributed by atoms with E-state index in [1.165, 1.54) is 0 Å². The molecule has 4 rings (SSSR count). The number of aromatic amines is 1. The highest BCUT2D eigenvalue weighted by Gasteiger charge is 2.28. The van der Waals surface area contributed by atoms with E-state index >= 15 is 0 Å². The Morgan fingerprint density at radius 3 is 3.00 bits per heavy atom. The number of hydrogen-bond acceptors (Lipinski definition) is 5. The van der Waals surface area contributed by atoms with Crippen molar-refractivity contribution in [2.24, 2.45) is 11.8 Å². The molecule has 1 aromatic carbocycles. The number of nitrogens with zero attached hydrogens (tertiary/aromatic N) is 2. The molecule has 0 amide bonds. The molecular weight excluding hydrogens is 342 g/mol. The summed E-state index contributed by atoms with van der Waals surface area (Å²) in [6.07, 6.45) is 2.96. The van der Waals surface area contributed by atoms with E-state index in [1.54, 1.807) is 0 Å². The zero-order valence-corrected chi connectivity index (χ0v) is 16.0. The van der Waals surface area contributed by atoms with Gasteiger partial charge in [0.25, 0.3) is 0 Å². The first-order chi connectivity index (χ1) is 13.1. The van der Waals surface area contributed by atoms with E-state index in [4.69, 9.17) is 9.47 Å². The van der Waals surface area contributed by atoms with Gasteiger partial charge in [-0.05, 0) is 56.0 Å². The number of likely N-dealkylation sites (tertiary alicyclic amines) is 1. The fourth-order valence-corrected chi connectivity index (χ4v) is 3.95. The van der Waals surface area contributed by atoms with Gasteiger partial charge in [0.15, 0.2) is 17.3 Å². The number of fused-ring (bicyclic) bond motifs is 1. The second-order valence-corrected chi connectivity index (χ2v) is 7.99. The maximum absolute atomic E-state index is 13.0. The second kappa shape index (κ2) is 7.72. The molecule has 0 unspecified atom stereocenters. The SMILES string of the molecule is CC(C)Cc1cc(CN2CCC[C@@H](C(=O)c3ccc4c(c3)OCO4)C2)[nH]n1. The van der Waals surface area contributed by atoms with Crippen LogP contribution in [0.1, 0.15) is 48.4 Å². The normalized spacial score (nSPS) is 19.6. The van der Waals surface area contributed by atoms with Gasteiger partial charge in [0.2, 0.25) is 6.79 Å². The smallest absolute Gasteiger partial charge is 0.231 e. The van der Waals surface area contributed by atoms with Crippen LogP contribution in [0.25, 0.3) is 0 Å². The first-order valence-electron chi connectivity index (χ1n) is 9.78. The second-order valence-electron chi connectivity index (χ2n) is 7.99. The molecule has 144 valence electrons. The van der Waals surface area contributed by atoms with E-state index in [-0.39, 0.29) is 18.5 Å². The first kappa shape index (κ1) is 18.0. The minimum atomic E-state index is 0.0252. The third-order valence-corrected chi connectivity index (χ3v) is 5.23. The van der Waals surface area contributed by atoms with Gasteiger partial charge in [-0.15, -0.1) is 0 Å². The van der Waals surface area contributed by atoms with Gasteiger partial charge in [0, 0.05) is 30.3 Å². The van der Waals surface area contributed by atoms with Crippen molar-refractivity contribution in [2.75, 3.05) is 19.9 Å². The Balaban J connectivity index is 1.39. The molecule has 2 aromatic rings. The monoisotopic (exact) mass is 369 g/mol. The zero-order valence-electron chi connectivity index (χ0n) is 16.0. The van der Waals surface area contributed by atoms with Crippen molar-refractivity contribution in [3.63, 3.8) is 0 Å². The molecule has 1 N–H and O–H groups in total. The third-order valence-electron chi connectivity index (χ3n) is 5.23. The molecule has 27 heavy (non-hydrogen) atoms. The molecule has 1 fully saturated rings. The molecule has 6 nitrogen and oxygen atoms in total. The predicted molar refractivity (Wildman–Crippen MR) is 102 cm³/mol. The van der Waals surface area contributed by atoms with E-state index in [9.17, 15) is 4.79 Å². The van der Waals surface area contributed by atoms with E-state index in [1.807, 2.05) is 18.2 Å². The molecule has 1 atom stereocenters. The van der Waals surface area contributed by atoms with Crippen LogP contribution in [0.15, 0.2) is 24.3 Å². The Bertz CT molecular complexity index is 815. The van der Waals surface area contributed by atoms with E-state index in [0.717, 1.165) is 50.3 Å². The molecular formula is C21H27N3O3. The largest absolute Gasteiger partial charge is 0.454 e. The topological polar surface area (TPSA) is 67.5 Å². The Morgan fingerprint density at radius 1 is 1.30 bits per heavy atom. The van der Waals surface area contributed by atoms with Crippen molar-refractivity contribution in [2.45, 2.75) is 39.7 Å². The molecule has 0 bridgehead atoms. The number of aromatic nitrogens is 2. The lowest BCUT2D eigenvalue weighted by atomic mass is 9.90. The summed E-state index contributed by atoms with van der Waals surface area (Å²) in [5.41, 5.74) is 2.96. The van der Waals surface area contributed by atoms with Crippen LogP contribution in [0.4, 0.5) is 0 Å². The molecule has 3 heterocycles. The molecule has 1 saturated heterocycles. The molecule has 2 aliphatic heterocycles. The molecule has 0 saturated carbocycles. The standard InChI is InChI=1S/C21H27N3O3/c1-14(2)8-17-10-18(23-22-17)12-24-7-3-4-16(11-24)21(25)15-5-6-19-20(9-15)27-13-26-19/h5-6,9-10,14,16H,3-4,7-8,11-13H2,1-2H3,(H,22,23)/t16-/m1/s1. The average Bonchev–Trinajstić information content (AvgIpc) is 3.29. The fourth-order valence-electron chi connectivity index (χ4n) is 3.95. The lowest BCUT2D eigenvalue weighted by Crippen LogP contribution is -2.38. The highest BCUT2D eigenvalue weighted by atomic mass is 16.7. The van der Waals surface area contributed by atoms with Crippen LogP contribution >= 0.6 is 0 Å². The Hall–Kier alpha value is -2.34. The van der Waals surface area contributed by atoms with Gasteiger partial charge in [-0.1, -0.05) is 13.8 Å². The van der Waals surface area contributed by atoms with E-state index in [2.05, 4.69) is 35.0 Å². The summed E-state index contributed by atoms with van der Waals surface area (Å²) >= 11 is 0. The van der Waals surface area contributed by atoms with Crippen LogP contribution in [0.2, 0.25) is 0 Å². The number of piperidine rings is 1. The zero-order chi connectivity index (χ0) is 18.8. The first-order valence-corrected chi connectivity index (χ1v) is 9.78. The summed E-state index contributed by atoms with van der Waals surface area (Å²) < 4.78 is 10.7. The van der Waals surface area contributed by atoms with Crippen molar-refractivity contribution in [3.8, 4) is 11.5 Å². The summed E-state index contributed by atoms with van der Waals surface area (Å²) in [6.45, 7) is 7.25. The van der Waals surface area contributed by atoms with Gasteiger partial charge in [0.05, 0.1) is 5.69 Å². The maximum atomic E-state index is 13.0. The number of Topliss-reactive ketones (excluding diaryl/α,β-unsaturated/α-hetero) is 1. The molecule has 0 spiro atoms. The van der Waals surface area contributed by atoms with Gasteiger partial charge in [0.1, 0.15) is 0 Å². The minimum Gasteiger partial charge on any atom is -0.454 e. The van der Waals surface area contributed by atoms with Crippen LogP contribution in [0.3, 0.4) is 0 Å². The summed E-state index contributed by atoms with van der Waals surface area (Å²) in [7, 11) is 0. The Morgan fingerprint density at radius 2 is 2.15 bits per heavy atom. The quantitative estimate of drug-likeness (QED) is 0.790. The van der Waals surface area contributed by atoms with Crippen molar-refractivity contribution in [3.05, 3.63) is 41.2 Å². The van der Waals surface area contributed by atoms with E-state index < -0.39 is 0 Å². The number of hydrogen-bond donors (Lipinski definition) is 1. The maximum Gasteiger partial charge on any atom is 0.231 e. The van der Waals surface area contributed by atoms with Crippen molar-refractivity contribution in [1.82, 2.24) is 15.1 Å². The van der Waals surface area contributed by atoms with E-state index in [0.29, 0.717) is 23.0 Å². The van der Waals surface area contributed by atoms with Crippen LogP contribution in [0.5, 0.6) is 11.5 Å². The van der Waals surface area contributed by atoms with Crippen molar-refractivity contribution < 1.29 is 14.3 Å². The minimum absolute atomic E-state index is 0.0252. The highest BCUT2D eigenvalue weighted by Crippen LogP contribution is 2.34. The van der Waals surface area contributed by atoms with Crippen LogP contribution in [-0.2, 0) is 13.0 Å². The van der Waals surface area contributed by atoms with Gasteiger partial charge >= 0.3 is 0 Å². The number of ketones is 1. The number of carbonyl (C=O) groups excluding carboxylic acids is 1. The summed E-state index contributed by atoms with van der Waals surface area (Å²) in [5.74, 6) is 2.21. The Kier molecular flexibility index (Phi) is 5.16. The molecule has 0 aliphatic carbocycles. The fraction of sp³-hybridized carbons (Fsp3) is 0.524. The third kappa shape index (κ3) is 4.16. The van der Waals surface area contributed by atoms with Crippen LogP contribution < -0.4 is 9.47 Å². The molecule has 2 aliphatic rings. The number of carbonyl (C=O) groups is 1. The highest BCUT2D eigenvalue weighted by molar-refractivity contribution is 5.98. The van der Waals surface area contributed by atoms with Gasteiger partial charge < -0.3 is 9.47 Å². The molecule has 6 heteroatoms. The number of benzene rings is 1. The number of rotatable bonds is 6. The molecule has 0 radical (unpaired) electrons.